The van der Waals surface area contributed by atoms with Crippen LogP contribution in [-0.2, 0) is 10.0 Å². The molecule has 0 saturated heterocycles. The molecule has 1 aromatic rings. The van der Waals surface area contributed by atoms with E-state index in [1.165, 1.54) is 19.2 Å². The number of sulfonamides is 1. The van der Waals surface area contributed by atoms with E-state index in [9.17, 15) is 26.4 Å². The van der Waals surface area contributed by atoms with Crippen molar-refractivity contribution in [2.24, 2.45) is 0 Å². The molecule has 1 aromatic carbocycles. The summed E-state index contributed by atoms with van der Waals surface area (Å²) in [5, 5.41) is 1.68. The van der Waals surface area contributed by atoms with Crippen molar-refractivity contribution in [1.82, 2.24) is 10.0 Å². The highest BCUT2D eigenvalue weighted by molar-refractivity contribution is 7.89. The third kappa shape index (κ3) is 6.00. The lowest BCUT2D eigenvalue weighted by Crippen LogP contribution is -2.40. The van der Waals surface area contributed by atoms with Crippen LogP contribution >= 0.6 is 0 Å². The van der Waals surface area contributed by atoms with E-state index >= 15 is 0 Å². The number of halogens is 3. The molecular weight excluding hydrogens is 349 g/mol. The molecule has 1 rings (SSSR count). The van der Waals surface area contributed by atoms with Gasteiger partial charge in [0.2, 0.25) is 10.0 Å². The second-order valence-corrected chi connectivity index (χ2v) is 7.67. The van der Waals surface area contributed by atoms with Gasteiger partial charge in [-0.1, -0.05) is 0 Å². The average molecular weight is 368 g/mol. The summed E-state index contributed by atoms with van der Waals surface area (Å²) in [6.45, 7) is 3.35. The van der Waals surface area contributed by atoms with Gasteiger partial charge in [0.05, 0.1) is 7.11 Å². The fraction of sp³-hybridized carbons (Fsp3) is 0.500. The summed E-state index contributed by atoms with van der Waals surface area (Å²) >= 11 is 0. The van der Waals surface area contributed by atoms with E-state index in [4.69, 9.17) is 4.74 Å². The molecule has 0 radical (unpaired) electrons. The minimum absolute atomic E-state index is 0.0286. The minimum Gasteiger partial charge on any atom is -0.495 e. The number of alkyl halides is 3. The standard InChI is InChI=1S/C14H19F3N2O4S/c1-13(2,3)19-24(21,22)11-7-9(5-6-10(11)23-4)12(20)18-8-14(15,16)17/h5-7,19H,8H2,1-4H3,(H,18,20). The molecule has 2 N–H and O–H groups in total. The van der Waals surface area contributed by atoms with Crippen LogP contribution in [0.4, 0.5) is 13.2 Å². The number of methoxy groups -OCH3 is 1. The van der Waals surface area contributed by atoms with Gasteiger partial charge in [-0.05, 0) is 39.0 Å². The summed E-state index contributed by atoms with van der Waals surface area (Å²) in [6.07, 6.45) is -4.56. The van der Waals surface area contributed by atoms with Gasteiger partial charge in [-0.2, -0.15) is 13.2 Å². The molecule has 10 heteroatoms. The van der Waals surface area contributed by atoms with Crippen LogP contribution in [0.25, 0.3) is 0 Å². The molecule has 24 heavy (non-hydrogen) atoms. The van der Waals surface area contributed by atoms with Gasteiger partial charge >= 0.3 is 6.18 Å². The zero-order valence-corrected chi connectivity index (χ0v) is 14.4. The molecule has 136 valence electrons. The van der Waals surface area contributed by atoms with Crippen molar-refractivity contribution in [3.05, 3.63) is 23.8 Å². The van der Waals surface area contributed by atoms with Crippen molar-refractivity contribution in [1.29, 1.82) is 0 Å². The zero-order valence-electron chi connectivity index (χ0n) is 13.6. The molecular formula is C14H19F3N2O4S. The molecule has 0 unspecified atom stereocenters. The molecule has 0 bridgehead atoms. The zero-order chi connectivity index (χ0) is 18.8. The van der Waals surface area contributed by atoms with Gasteiger partial charge in [0.25, 0.3) is 5.91 Å². The van der Waals surface area contributed by atoms with Gasteiger partial charge in [0.1, 0.15) is 17.2 Å². The first-order valence-electron chi connectivity index (χ1n) is 6.82. The summed E-state index contributed by atoms with van der Waals surface area (Å²) in [5.41, 5.74) is -1.02. The first kappa shape index (κ1) is 20.2. The third-order valence-corrected chi connectivity index (χ3v) is 4.38. The fourth-order valence-electron chi connectivity index (χ4n) is 1.77. The summed E-state index contributed by atoms with van der Waals surface area (Å²) in [4.78, 5) is 11.5. The smallest absolute Gasteiger partial charge is 0.405 e. The van der Waals surface area contributed by atoms with Crippen LogP contribution in [0.2, 0.25) is 0 Å². The monoisotopic (exact) mass is 368 g/mol. The minimum atomic E-state index is -4.56. The number of hydrogen-bond acceptors (Lipinski definition) is 4. The Morgan fingerprint density at radius 3 is 2.25 bits per heavy atom. The Labute approximate surface area is 138 Å². The second kappa shape index (κ2) is 6.98. The van der Waals surface area contributed by atoms with Gasteiger partial charge in [0.15, 0.2) is 0 Å². The predicted octanol–water partition coefficient (Wildman–Crippen LogP) is 2.06. The SMILES string of the molecule is COc1ccc(C(=O)NCC(F)(F)F)cc1S(=O)(=O)NC(C)(C)C. The molecule has 0 spiro atoms. The van der Waals surface area contributed by atoms with Crippen LogP contribution in [0.3, 0.4) is 0 Å². The maximum Gasteiger partial charge on any atom is 0.405 e. The maximum absolute atomic E-state index is 12.4. The van der Waals surface area contributed by atoms with Crippen LogP contribution in [0.5, 0.6) is 5.75 Å². The van der Waals surface area contributed by atoms with E-state index in [-0.39, 0.29) is 16.2 Å². The molecule has 0 atom stereocenters. The molecule has 0 fully saturated rings. The van der Waals surface area contributed by atoms with E-state index in [1.807, 2.05) is 0 Å². The summed E-state index contributed by atoms with van der Waals surface area (Å²) in [6, 6.07) is 3.36. The van der Waals surface area contributed by atoms with Gasteiger partial charge in [-0.3, -0.25) is 4.79 Å². The Morgan fingerprint density at radius 2 is 1.79 bits per heavy atom. The van der Waals surface area contributed by atoms with Crippen LogP contribution in [0.15, 0.2) is 23.1 Å². The van der Waals surface area contributed by atoms with Crippen LogP contribution in [0, 0.1) is 0 Å². The Morgan fingerprint density at radius 1 is 1.21 bits per heavy atom. The third-order valence-electron chi connectivity index (χ3n) is 2.61. The van der Waals surface area contributed by atoms with Crippen molar-refractivity contribution < 1.29 is 31.1 Å². The molecule has 6 nitrogen and oxygen atoms in total. The number of carbonyl (C=O) groups is 1. The number of carbonyl (C=O) groups excluding carboxylic acids is 1. The summed E-state index contributed by atoms with van der Waals surface area (Å²) < 4.78 is 68.7. The van der Waals surface area contributed by atoms with Gasteiger partial charge in [-0.25, -0.2) is 13.1 Å². The van der Waals surface area contributed by atoms with Crippen molar-refractivity contribution in [3.63, 3.8) is 0 Å². The van der Waals surface area contributed by atoms with Crippen molar-refractivity contribution in [2.45, 2.75) is 37.4 Å². The van der Waals surface area contributed by atoms with E-state index in [1.54, 1.807) is 26.1 Å². The molecule has 0 aliphatic heterocycles. The molecule has 0 aliphatic carbocycles. The number of rotatable bonds is 5. The predicted molar refractivity (Wildman–Crippen MR) is 81.5 cm³/mol. The lowest BCUT2D eigenvalue weighted by molar-refractivity contribution is -0.123. The van der Waals surface area contributed by atoms with Crippen LogP contribution in [0.1, 0.15) is 31.1 Å². The molecule has 1 amide bonds. The van der Waals surface area contributed by atoms with Crippen molar-refractivity contribution >= 4 is 15.9 Å². The fourth-order valence-corrected chi connectivity index (χ4v) is 3.38. The topological polar surface area (TPSA) is 84.5 Å². The lowest BCUT2D eigenvalue weighted by Gasteiger charge is -2.21. The Hall–Kier alpha value is -1.81. The second-order valence-electron chi connectivity index (χ2n) is 6.02. The van der Waals surface area contributed by atoms with E-state index in [0.717, 1.165) is 6.07 Å². The number of benzene rings is 1. The lowest BCUT2D eigenvalue weighted by atomic mass is 10.1. The van der Waals surface area contributed by atoms with Crippen LogP contribution in [-0.4, -0.2) is 39.7 Å². The normalized spacial score (nSPS) is 12.8. The van der Waals surface area contributed by atoms with Gasteiger partial charge in [-0.15, -0.1) is 0 Å². The first-order chi connectivity index (χ1) is 10.7. The molecule has 0 aliphatic rings. The quantitative estimate of drug-likeness (QED) is 0.833. The number of nitrogens with one attached hydrogen (secondary N) is 2. The number of ether oxygens (including phenoxy) is 1. The number of amides is 1. The van der Waals surface area contributed by atoms with Crippen molar-refractivity contribution in [3.8, 4) is 5.75 Å². The Balaban J connectivity index is 3.20. The highest BCUT2D eigenvalue weighted by Crippen LogP contribution is 2.26. The molecule has 0 saturated carbocycles. The highest BCUT2D eigenvalue weighted by Gasteiger charge is 2.29. The van der Waals surface area contributed by atoms with E-state index < -0.39 is 34.2 Å². The van der Waals surface area contributed by atoms with Crippen LogP contribution < -0.4 is 14.8 Å². The first-order valence-corrected chi connectivity index (χ1v) is 8.30. The summed E-state index contributed by atoms with van der Waals surface area (Å²) in [5.74, 6) is -1.07. The van der Waals surface area contributed by atoms with Gasteiger partial charge in [0, 0.05) is 11.1 Å². The molecule has 0 heterocycles. The average Bonchev–Trinajstić information content (AvgIpc) is 2.40. The van der Waals surface area contributed by atoms with E-state index in [0.29, 0.717) is 0 Å². The van der Waals surface area contributed by atoms with Gasteiger partial charge < -0.3 is 10.1 Å². The number of hydrogen-bond donors (Lipinski definition) is 2. The highest BCUT2D eigenvalue weighted by atomic mass is 32.2. The maximum atomic E-state index is 12.4. The largest absolute Gasteiger partial charge is 0.495 e. The van der Waals surface area contributed by atoms with E-state index in [2.05, 4.69) is 4.72 Å². The molecule has 0 aromatic heterocycles. The Bertz CT molecular complexity index is 710. The summed E-state index contributed by atoms with van der Waals surface area (Å²) in [7, 11) is -2.79. The Kier molecular flexibility index (Phi) is 5.88. The van der Waals surface area contributed by atoms with Crippen molar-refractivity contribution in [2.75, 3.05) is 13.7 Å².